The number of para-hydroxylation sites is 1. The Balaban J connectivity index is 1.86. The van der Waals surface area contributed by atoms with Crippen LogP contribution in [0.5, 0.6) is 0 Å². The maximum Gasteiger partial charge on any atom is 0.211 e. The second kappa shape index (κ2) is 6.90. The Morgan fingerprint density at radius 3 is 2.80 bits per heavy atom. The van der Waals surface area contributed by atoms with Crippen LogP contribution >= 0.6 is 0 Å². The van der Waals surface area contributed by atoms with Gasteiger partial charge in [0.2, 0.25) is 10.0 Å². The second-order valence-electron chi connectivity index (χ2n) is 5.03. The third-order valence-corrected chi connectivity index (χ3v) is 4.88. The molecule has 0 aliphatic rings. The van der Waals surface area contributed by atoms with E-state index in [0.717, 1.165) is 35.7 Å². The smallest absolute Gasteiger partial charge is 0.211 e. The van der Waals surface area contributed by atoms with Gasteiger partial charge >= 0.3 is 0 Å². The fourth-order valence-corrected chi connectivity index (χ4v) is 3.44. The predicted octanol–water partition coefficient (Wildman–Crippen LogP) is 2.82. The minimum atomic E-state index is -3.12. The molecule has 0 aliphatic carbocycles. The first-order valence-corrected chi connectivity index (χ1v) is 8.80. The lowest BCUT2D eigenvalue weighted by atomic mass is 10.1. The van der Waals surface area contributed by atoms with Crippen molar-refractivity contribution in [2.45, 2.75) is 32.6 Å². The number of hydrogen-bond acceptors (Lipinski definition) is 2. The SMILES string of the molecule is CCCCCS(=O)(=O)NCCc1c[nH]c2ccccc12. The first kappa shape index (κ1) is 15.1. The van der Waals surface area contributed by atoms with Crippen LogP contribution in [0.15, 0.2) is 30.5 Å². The third-order valence-electron chi connectivity index (χ3n) is 3.41. The van der Waals surface area contributed by atoms with Crippen molar-refractivity contribution >= 4 is 20.9 Å². The van der Waals surface area contributed by atoms with Crippen molar-refractivity contribution in [1.82, 2.24) is 9.71 Å². The van der Waals surface area contributed by atoms with Crippen molar-refractivity contribution in [1.29, 1.82) is 0 Å². The molecular weight excluding hydrogens is 272 g/mol. The molecule has 0 radical (unpaired) electrons. The molecule has 0 saturated carbocycles. The summed E-state index contributed by atoms with van der Waals surface area (Å²) in [5.41, 5.74) is 2.24. The Morgan fingerprint density at radius 1 is 1.20 bits per heavy atom. The van der Waals surface area contributed by atoms with Gasteiger partial charge in [-0.25, -0.2) is 13.1 Å². The number of aromatic nitrogens is 1. The van der Waals surface area contributed by atoms with Gasteiger partial charge < -0.3 is 4.98 Å². The minimum Gasteiger partial charge on any atom is -0.361 e. The standard InChI is InChI=1S/C15H22N2O2S/c1-2-3-6-11-20(18,19)17-10-9-13-12-16-15-8-5-4-7-14(13)15/h4-5,7-8,12,16-17H,2-3,6,9-11H2,1H3. The summed E-state index contributed by atoms with van der Waals surface area (Å²) in [5.74, 6) is 0.231. The number of nitrogens with one attached hydrogen (secondary N) is 2. The van der Waals surface area contributed by atoms with Crippen molar-refractivity contribution in [3.63, 3.8) is 0 Å². The van der Waals surface area contributed by atoms with Crippen molar-refractivity contribution in [3.05, 3.63) is 36.0 Å². The first-order valence-electron chi connectivity index (χ1n) is 7.15. The first-order chi connectivity index (χ1) is 9.62. The molecule has 20 heavy (non-hydrogen) atoms. The van der Waals surface area contributed by atoms with Gasteiger partial charge in [0.05, 0.1) is 5.75 Å². The number of sulfonamides is 1. The van der Waals surface area contributed by atoms with E-state index in [1.54, 1.807) is 0 Å². The van der Waals surface area contributed by atoms with Crippen LogP contribution in [0.3, 0.4) is 0 Å². The van der Waals surface area contributed by atoms with Gasteiger partial charge in [-0.1, -0.05) is 38.0 Å². The van der Waals surface area contributed by atoms with Crippen LogP contribution < -0.4 is 4.72 Å². The van der Waals surface area contributed by atoms with Crippen molar-refractivity contribution in [2.24, 2.45) is 0 Å². The number of aromatic amines is 1. The van der Waals surface area contributed by atoms with Crippen LogP contribution in [0.25, 0.3) is 10.9 Å². The molecule has 0 amide bonds. The van der Waals surface area contributed by atoms with Gasteiger partial charge in [0.1, 0.15) is 0 Å². The molecule has 5 heteroatoms. The van der Waals surface area contributed by atoms with E-state index in [-0.39, 0.29) is 5.75 Å². The molecule has 1 aromatic carbocycles. The molecule has 0 unspecified atom stereocenters. The van der Waals surface area contributed by atoms with Crippen molar-refractivity contribution in [2.75, 3.05) is 12.3 Å². The minimum absolute atomic E-state index is 0.231. The lowest BCUT2D eigenvalue weighted by molar-refractivity contribution is 0.576. The maximum absolute atomic E-state index is 11.8. The molecule has 1 heterocycles. The lowest BCUT2D eigenvalue weighted by Gasteiger charge is -2.06. The fraction of sp³-hybridized carbons (Fsp3) is 0.467. The quantitative estimate of drug-likeness (QED) is 0.735. The summed E-state index contributed by atoms with van der Waals surface area (Å²) in [7, 11) is -3.12. The van der Waals surface area contributed by atoms with Gasteiger partial charge in [0.25, 0.3) is 0 Å². The summed E-state index contributed by atoms with van der Waals surface area (Å²) in [5, 5.41) is 1.16. The molecule has 0 aliphatic heterocycles. The zero-order chi connectivity index (χ0) is 14.4. The summed E-state index contributed by atoms with van der Waals surface area (Å²) < 4.78 is 26.2. The number of H-pyrrole nitrogens is 1. The van der Waals surface area contributed by atoms with E-state index >= 15 is 0 Å². The van der Waals surface area contributed by atoms with Crippen LogP contribution in [-0.2, 0) is 16.4 Å². The Morgan fingerprint density at radius 2 is 2.00 bits per heavy atom. The zero-order valence-corrected chi connectivity index (χ0v) is 12.7. The summed E-state index contributed by atoms with van der Waals surface area (Å²) in [6.07, 6.45) is 5.39. The van der Waals surface area contributed by atoms with E-state index in [4.69, 9.17) is 0 Å². The molecule has 0 fully saturated rings. The van der Waals surface area contributed by atoms with Crippen LogP contribution in [0.2, 0.25) is 0 Å². The average molecular weight is 294 g/mol. The van der Waals surface area contributed by atoms with Gasteiger partial charge in [-0.2, -0.15) is 0 Å². The highest BCUT2D eigenvalue weighted by Gasteiger charge is 2.09. The Kier molecular flexibility index (Phi) is 5.20. The predicted molar refractivity (Wildman–Crippen MR) is 83.3 cm³/mol. The average Bonchev–Trinajstić information content (AvgIpc) is 2.82. The number of fused-ring (bicyclic) bond motifs is 1. The van der Waals surface area contributed by atoms with Crippen LogP contribution in [0.4, 0.5) is 0 Å². The molecule has 110 valence electrons. The fourth-order valence-electron chi connectivity index (χ4n) is 2.29. The molecule has 1 aromatic heterocycles. The Bertz CT molecular complexity index is 647. The van der Waals surface area contributed by atoms with Gasteiger partial charge in [-0.05, 0) is 24.5 Å². The highest BCUT2D eigenvalue weighted by Crippen LogP contribution is 2.17. The topological polar surface area (TPSA) is 62.0 Å². The van der Waals surface area contributed by atoms with Gasteiger partial charge in [0.15, 0.2) is 0 Å². The summed E-state index contributed by atoms with van der Waals surface area (Å²) >= 11 is 0. The van der Waals surface area contributed by atoms with Gasteiger partial charge in [0, 0.05) is 23.6 Å². The zero-order valence-electron chi connectivity index (χ0n) is 11.9. The van der Waals surface area contributed by atoms with E-state index in [2.05, 4.69) is 22.7 Å². The molecule has 4 nitrogen and oxygen atoms in total. The Labute approximate surface area is 120 Å². The van der Waals surface area contributed by atoms with Crippen LogP contribution in [-0.4, -0.2) is 25.7 Å². The van der Waals surface area contributed by atoms with Crippen LogP contribution in [0, 0.1) is 0 Å². The van der Waals surface area contributed by atoms with E-state index < -0.39 is 10.0 Å². The van der Waals surface area contributed by atoms with Gasteiger partial charge in [-0.3, -0.25) is 0 Å². The van der Waals surface area contributed by atoms with Crippen LogP contribution in [0.1, 0.15) is 31.7 Å². The summed E-state index contributed by atoms with van der Waals surface area (Å²) in [6, 6.07) is 8.05. The highest BCUT2D eigenvalue weighted by atomic mass is 32.2. The number of rotatable bonds is 8. The van der Waals surface area contributed by atoms with Crippen molar-refractivity contribution in [3.8, 4) is 0 Å². The van der Waals surface area contributed by atoms with Gasteiger partial charge in [-0.15, -0.1) is 0 Å². The largest absolute Gasteiger partial charge is 0.361 e. The Hall–Kier alpha value is -1.33. The number of hydrogen-bond donors (Lipinski definition) is 2. The molecule has 2 rings (SSSR count). The molecule has 0 atom stereocenters. The highest BCUT2D eigenvalue weighted by molar-refractivity contribution is 7.89. The van der Waals surface area contributed by atoms with E-state index in [1.165, 1.54) is 0 Å². The molecule has 2 N–H and O–H groups in total. The molecule has 0 bridgehead atoms. The van der Waals surface area contributed by atoms with E-state index in [9.17, 15) is 8.42 Å². The molecule has 2 aromatic rings. The maximum atomic E-state index is 11.8. The second-order valence-corrected chi connectivity index (χ2v) is 6.96. The summed E-state index contributed by atoms with van der Waals surface area (Å²) in [4.78, 5) is 3.20. The van der Waals surface area contributed by atoms with Crippen molar-refractivity contribution < 1.29 is 8.42 Å². The number of unbranched alkanes of at least 4 members (excludes halogenated alkanes) is 2. The molecular formula is C15H22N2O2S. The summed E-state index contributed by atoms with van der Waals surface area (Å²) in [6.45, 7) is 2.52. The normalized spacial score (nSPS) is 12.1. The third kappa shape index (κ3) is 4.08. The molecule has 0 spiro atoms. The van der Waals surface area contributed by atoms with E-state index in [1.807, 2.05) is 24.4 Å². The monoisotopic (exact) mass is 294 g/mol. The van der Waals surface area contributed by atoms with E-state index in [0.29, 0.717) is 13.0 Å². The molecule has 0 saturated heterocycles. The number of benzene rings is 1. The lowest BCUT2D eigenvalue weighted by Crippen LogP contribution is -2.28.